The SMILES string of the molecule is COc1ccc(C(=O)N(CC(=O)N2CCc3sccc3C2COc2ccc(C)cc2C)C(C)(C)C)cc1. The number of benzene rings is 2. The summed E-state index contributed by atoms with van der Waals surface area (Å²) in [6.07, 6.45) is 0.806. The monoisotopic (exact) mass is 520 g/mol. The van der Waals surface area contributed by atoms with Crippen LogP contribution in [0.3, 0.4) is 0 Å². The summed E-state index contributed by atoms with van der Waals surface area (Å²) in [4.78, 5) is 32.2. The van der Waals surface area contributed by atoms with Gasteiger partial charge in [-0.15, -0.1) is 11.3 Å². The van der Waals surface area contributed by atoms with Gasteiger partial charge in [0.25, 0.3) is 5.91 Å². The molecule has 37 heavy (non-hydrogen) atoms. The number of fused-ring (bicyclic) bond motifs is 1. The Balaban J connectivity index is 1.56. The molecule has 0 saturated heterocycles. The van der Waals surface area contributed by atoms with Gasteiger partial charge in [0, 0.05) is 22.5 Å². The number of nitrogens with zero attached hydrogens (tertiary/aromatic N) is 2. The van der Waals surface area contributed by atoms with Crippen LogP contribution in [0.5, 0.6) is 11.5 Å². The van der Waals surface area contributed by atoms with Crippen molar-refractivity contribution >= 4 is 23.2 Å². The molecule has 4 rings (SSSR count). The van der Waals surface area contributed by atoms with Crippen molar-refractivity contribution in [2.75, 3.05) is 26.8 Å². The second-order valence-electron chi connectivity index (χ2n) is 10.5. The molecule has 1 aromatic heterocycles. The first-order valence-corrected chi connectivity index (χ1v) is 13.5. The maximum absolute atomic E-state index is 13.8. The average molecular weight is 521 g/mol. The molecule has 1 aliphatic rings. The quantitative estimate of drug-likeness (QED) is 0.394. The third-order valence-electron chi connectivity index (χ3n) is 6.83. The van der Waals surface area contributed by atoms with Gasteiger partial charge in [0.1, 0.15) is 24.7 Å². The first kappa shape index (κ1) is 26.7. The van der Waals surface area contributed by atoms with Crippen LogP contribution in [0.2, 0.25) is 0 Å². The Morgan fingerprint density at radius 2 is 1.81 bits per heavy atom. The highest BCUT2D eigenvalue weighted by atomic mass is 32.1. The van der Waals surface area contributed by atoms with E-state index in [1.165, 1.54) is 10.4 Å². The molecular weight excluding hydrogens is 484 g/mol. The fraction of sp³-hybridized carbons (Fsp3) is 0.400. The van der Waals surface area contributed by atoms with Crippen LogP contribution in [-0.4, -0.2) is 54.0 Å². The Labute approximate surface area is 223 Å². The van der Waals surface area contributed by atoms with Gasteiger partial charge in [-0.1, -0.05) is 17.7 Å². The van der Waals surface area contributed by atoms with Crippen molar-refractivity contribution in [3.05, 3.63) is 81.0 Å². The van der Waals surface area contributed by atoms with Crippen LogP contribution in [0.25, 0.3) is 0 Å². The zero-order valence-corrected chi connectivity index (χ0v) is 23.4. The first-order valence-electron chi connectivity index (χ1n) is 12.6. The molecule has 3 aromatic rings. The number of amides is 2. The lowest BCUT2D eigenvalue weighted by Crippen LogP contribution is -2.53. The zero-order chi connectivity index (χ0) is 26.7. The maximum atomic E-state index is 13.8. The van der Waals surface area contributed by atoms with Gasteiger partial charge < -0.3 is 19.3 Å². The summed E-state index contributed by atoms with van der Waals surface area (Å²) in [6, 6.07) is 15.0. The predicted octanol–water partition coefficient (Wildman–Crippen LogP) is 5.82. The highest BCUT2D eigenvalue weighted by Gasteiger charge is 2.36. The van der Waals surface area contributed by atoms with Crippen molar-refractivity contribution in [3.63, 3.8) is 0 Å². The second-order valence-corrected chi connectivity index (χ2v) is 11.5. The predicted molar refractivity (Wildman–Crippen MR) is 148 cm³/mol. The van der Waals surface area contributed by atoms with Crippen LogP contribution >= 0.6 is 11.3 Å². The van der Waals surface area contributed by atoms with Crippen molar-refractivity contribution in [3.8, 4) is 11.5 Å². The van der Waals surface area contributed by atoms with Crippen LogP contribution < -0.4 is 9.47 Å². The van der Waals surface area contributed by atoms with E-state index in [2.05, 4.69) is 24.4 Å². The molecule has 196 valence electrons. The highest BCUT2D eigenvalue weighted by molar-refractivity contribution is 7.10. The van der Waals surface area contributed by atoms with Crippen molar-refractivity contribution < 1.29 is 19.1 Å². The number of ether oxygens (including phenoxy) is 2. The molecule has 2 aromatic carbocycles. The molecule has 2 amide bonds. The van der Waals surface area contributed by atoms with E-state index in [4.69, 9.17) is 9.47 Å². The number of carbonyl (C=O) groups excluding carboxylic acids is 2. The van der Waals surface area contributed by atoms with Gasteiger partial charge in [-0.3, -0.25) is 9.59 Å². The zero-order valence-electron chi connectivity index (χ0n) is 22.5. The molecule has 0 bridgehead atoms. The molecule has 1 atom stereocenters. The van der Waals surface area contributed by atoms with E-state index in [0.29, 0.717) is 24.5 Å². The number of rotatable bonds is 7. The van der Waals surface area contributed by atoms with Crippen LogP contribution in [0.1, 0.15) is 58.7 Å². The molecule has 6 nitrogen and oxygen atoms in total. The lowest BCUT2D eigenvalue weighted by atomic mass is 9.99. The summed E-state index contributed by atoms with van der Waals surface area (Å²) in [6.45, 7) is 10.9. The van der Waals surface area contributed by atoms with Gasteiger partial charge in [-0.05, 0) is 93.9 Å². The summed E-state index contributed by atoms with van der Waals surface area (Å²) in [5, 5.41) is 2.08. The van der Waals surface area contributed by atoms with E-state index in [-0.39, 0.29) is 24.4 Å². The normalized spacial score (nSPS) is 15.2. The lowest BCUT2D eigenvalue weighted by Gasteiger charge is -2.40. The third-order valence-corrected chi connectivity index (χ3v) is 7.82. The number of hydrogen-bond donors (Lipinski definition) is 0. The van der Waals surface area contributed by atoms with E-state index in [0.717, 1.165) is 23.3 Å². The summed E-state index contributed by atoms with van der Waals surface area (Å²) >= 11 is 1.72. The van der Waals surface area contributed by atoms with Crippen molar-refractivity contribution in [2.24, 2.45) is 0 Å². The minimum absolute atomic E-state index is 0.00606. The number of aryl methyl sites for hydroxylation is 2. The van der Waals surface area contributed by atoms with Gasteiger partial charge in [0.15, 0.2) is 0 Å². The topological polar surface area (TPSA) is 59.1 Å². The number of carbonyl (C=O) groups is 2. The Bertz CT molecular complexity index is 1260. The van der Waals surface area contributed by atoms with E-state index < -0.39 is 5.54 Å². The number of thiophene rings is 1. The summed E-state index contributed by atoms with van der Waals surface area (Å²) in [7, 11) is 1.59. The highest BCUT2D eigenvalue weighted by Crippen LogP contribution is 2.35. The summed E-state index contributed by atoms with van der Waals surface area (Å²) in [5.74, 6) is 1.25. The van der Waals surface area contributed by atoms with E-state index in [1.54, 1.807) is 47.6 Å². The molecule has 0 radical (unpaired) electrons. The average Bonchev–Trinajstić information content (AvgIpc) is 3.35. The molecule has 1 aliphatic heterocycles. The Morgan fingerprint density at radius 1 is 1.08 bits per heavy atom. The second kappa shape index (κ2) is 11.0. The van der Waals surface area contributed by atoms with Gasteiger partial charge >= 0.3 is 0 Å². The Morgan fingerprint density at radius 3 is 2.46 bits per heavy atom. The van der Waals surface area contributed by atoms with Gasteiger partial charge in [0.2, 0.25) is 5.91 Å². The fourth-order valence-corrected chi connectivity index (χ4v) is 5.66. The molecular formula is C30H36N2O4S. The first-order chi connectivity index (χ1) is 17.6. The third kappa shape index (κ3) is 5.99. The fourth-order valence-electron chi connectivity index (χ4n) is 4.73. The number of hydrogen-bond acceptors (Lipinski definition) is 5. The van der Waals surface area contributed by atoms with E-state index in [1.807, 2.05) is 44.7 Å². The minimum Gasteiger partial charge on any atom is -0.497 e. The van der Waals surface area contributed by atoms with Crippen LogP contribution in [-0.2, 0) is 11.2 Å². The minimum atomic E-state index is -0.541. The van der Waals surface area contributed by atoms with Gasteiger partial charge in [0.05, 0.1) is 13.2 Å². The lowest BCUT2D eigenvalue weighted by molar-refractivity contribution is -0.136. The van der Waals surface area contributed by atoms with Crippen LogP contribution in [0.4, 0.5) is 0 Å². The Kier molecular flexibility index (Phi) is 7.93. The molecule has 0 aliphatic carbocycles. The standard InChI is InChI=1S/C30H36N2O4S/c1-20-7-12-26(21(2)17-20)36-19-25-24-14-16-37-27(24)13-15-31(25)28(33)18-32(30(3,4)5)29(34)22-8-10-23(35-6)11-9-22/h7-12,14,16-17,25H,13,15,18-19H2,1-6H3. The van der Waals surface area contributed by atoms with E-state index in [9.17, 15) is 9.59 Å². The van der Waals surface area contributed by atoms with Crippen molar-refractivity contribution in [1.82, 2.24) is 9.80 Å². The molecule has 0 N–H and O–H groups in total. The molecule has 7 heteroatoms. The maximum Gasteiger partial charge on any atom is 0.254 e. The van der Waals surface area contributed by atoms with Crippen molar-refractivity contribution in [1.29, 1.82) is 0 Å². The van der Waals surface area contributed by atoms with Crippen molar-refractivity contribution in [2.45, 2.75) is 52.6 Å². The van der Waals surface area contributed by atoms with Crippen LogP contribution in [0, 0.1) is 13.8 Å². The van der Waals surface area contributed by atoms with E-state index >= 15 is 0 Å². The summed E-state index contributed by atoms with van der Waals surface area (Å²) in [5.41, 5.74) is 3.38. The summed E-state index contributed by atoms with van der Waals surface area (Å²) < 4.78 is 11.5. The van der Waals surface area contributed by atoms with Gasteiger partial charge in [-0.2, -0.15) is 0 Å². The van der Waals surface area contributed by atoms with Gasteiger partial charge in [-0.25, -0.2) is 0 Å². The Hall–Kier alpha value is -3.32. The molecule has 2 heterocycles. The number of methoxy groups -OCH3 is 1. The molecule has 1 unspecified atom stereocenters. The smallest absolute Gasteiger partial charge is 0.254 e. The molecule has 0 spiro atoms. The molecule has 0 saturated carbocycles. The van der Waals surface area contributed by atoms with Crippen LogP contribution in [0.15, 0.2) is 53.9 Å². The molecule has 0 fully saturated rings. The largest absolute Gasteiger partial charge is 0.497 e.